The number of hydrogen-bond donors (Lipinski definition) is 1. The standard InChI is InChI=1S/C29H31F2NO6/c1-5-37-17-19-15-24(35-3)26(25(16-19)36-4)20-12-10-18(11-13-20)14-23(29(34)38-6-2)32-28(33)27-21(30)8-7-9-22(27)31/h7-13,15-16,23H,5-6,14,17H2,1-4H3,(H,32,33)/t23-/m0/s1. The number of nitrogens with one attached hydrogen (secondary N) is 1. The third kappa shape index (κ3) is 6.86. The van der Waals surface area contributed by atoms with Crippen molar-refractivity contribution in [2.75, 3.05) is 27.4 Å². The van der Waals surface area contributed by atoms with Crippen LogP contribution in [-0.4, -0.2) is 45.4 Å². The van der Waals surface area contributed by atoms with E-state index in [9.17, 15) is 18.4 Å². The van der Waals surface area contributed by atoms with Crippen LogP contribution < -0.4 is 14.8 Å². The van der Waals surface area contributed by atoms with Gasteiger partial charge >= 0.3 is 5.97 Å². The summed E-state index contributed by atoms with van der Waals surface area (Å²) in [6, 6.07) is 12.9. The third-order valence-electron chi connectivity index (χ3n) is 5.79. The van der Waals surface area contributed by atoms with Crippen LogP contribution in [0, 0.1) is 11.6 Å². The number of ether oxygens (including phenoxy) is 4. The quantitative estimate of drug-likeness (QED) is 0.331. The fraction of sp³-hybridized carbons (Fsp3) is 0.310. The van der Waals surface area contributed by atoms with Gasteiger partial charge in [-0.05, 0) is 54.8 Å². The summed E-state index contributed by atoms with van der Waals surface area (Å²) < 4.78 is 50.0. The number of carbonyl (C=O) groups is 2. The van der Waals surface area contributed by atoms with Crippen LogP contribution in [0.2, 0.25) is 0 Å². The summed E-state index contributed by atoms with van der Waals surface area (Å²) in [5.41, 5.74) is 2.37. The monoisotopic (exact) mass is 527 g/mol. The number of esters is 1. The molecule has 0 spiro atoms. The van der Waals surface area contributed by atoms with Gasteiger partial charge in [-0.3, -0.25) is 4.79 Å². The molecule has 38 heavy (non-hydrogen) atoms. The predicted octanol–water partition coefficient (Wildman–Crippen LogP) is 5.09. The number of carbonyl (C=O) groups excluding carboxylic acids is 2. The Labute approximate surface area is 220 Å². The Balaban J connectivity index is 1.87. The molecule has 1 N–H and O–H groups in total. The van der Waals surface area contributed by atoms with Gasteiger partial charge in [0.2, 0.25) is 0 Å². The summed E-state index contributed by atoms with van der Waals surface area (Å²) in [5.74, 6) is -2.59. The Morgan fingerprint density at radius 3 is 2.00 bits per heavy atom. The molecule has 1 atom stereocenters. The van der Waals surface area contributed by atoms with Crippen LogP contribution in [0.5, 0.6) is 11.5 Å². The average Bonchev–Trinajstić information content (AvgIpc) is 2.91. The van der Waals surface area contributed by atoms with E-state index in [4.69, 9.17) is 18.9 Å². The molecule has 3 aromatic rings. The second-order valence-electron chi connectivity index (χ2n) is 8.29. The first-order valence-electron chi connectivity index (χ1n) is 12.2. The Morgan fingerprint density at radius 1 is 0.868 bits per heavy atom. The van der Waals surface area contributed by atoms with E-state index in [0.29, 0.717) is 30.3 Å². The maximum Gasteiger partial charge on any atom is 0.328 e. The molecule has 0 saturated carbocycles. The molecule has 0 bridgehead atoms. The summed E-state index contributed by atoms with van der Waals surface area (Å²) in [6.45, 7) is 4.62. The van der Waals surface area contributed by atoms with Gasteiger partial charge < -0.3 is 24.3 Å². The summed E-state index contributed by atoms with van der Waals surface area (Å²) in [6.07, 6.45) is 0.0441. The molecule has 0 fully saturated rings. The molecule has 0 unspecified atom stereocenters. The highest BCUT2D eigenvalue weighted by Crippen LogP contribution is 2.40. The highest BCUT2D eigenvalue weighted by molar-refractivity contribution is 5.97. The molecular weight excluding hydrogens is 496 g/mol. The molecule has 1 amide bonds. The van der Waals surface area contributed by atoms with Crippen molar-refractivity contribution in [2.24, 2.45) is 0 Å². The Kier molecular flexibility index (Phi) is 10.2. The predicted molar refractivity (Wildman–Crippen MR) is 138 cm³/mol. The lowest BCUT2D eigenvalue weighted by atomic mass is 9.98. The molecule has 3 aromatic carbocycles. The van der Waals surface area contributed by atoms with Gasteiger partial charge in [0, 0.05) is 13.0 Å². The molecule has 9 heteroatoms. The number of halogens is 2. The number of methoxy groups -OCH3 is 2. The van der Waals surface area contributed by atoms with E-state index >= 15 is 0 Å². The van der Waals surface area contributed by atoms with Crippen LogP contribution in [0.4, 0.5) is 8.78 Å². The molecular formula is C29H31F2NO6. The van der Waals surface area contributed by atoms with Crippen molar-refractivity contribution in [2.45, 2.75) is 32.9 Å². The SMILES string of the molecule is CCOCc1cc(OC)c(-c2ccc(C[C@H](NC(=O)c3c(F)cccc3F)C(=O)OCC)cc2)c(OC)c1. The van der Waals surface area contributed by atoms with Crippen molar-refractivity contribution >= 4 is 11.9 Å². The maximum absolute atomic E-state index is 14.1. The fourth-order valence-corrected chi connectivity index (χ4v) is 3.98. The normalized spacial score (nSPS) is 11.5. The molecule has 0 aliphatic heterocycles. The van der Waals surface area contributed by atoms with Gasteiger partial charge in [-0.2, -0.15) is 0 Å². The second kappa shape index (κ2) is 13.5. The number of hydrogen-bond acceptors (Lipinski definition) is 6. The molecule has 0 aliphatic rings. The van der Waals surface area contributed by atoms with Gasteiger partial charge in [-0.25, -0.2) is 13.6 Å². The molecule has 7 nitrogen and oxygen atoms in total. The van der Waals surface area contributed by atoms with Crippen molar-refractivity contribution in [3.63, 3.8) is 0 Å². The topological polar surface area (TPSA) is 83.1 Å². The van der Waals surface area contributed by atoms with Gasteiger partial charge in [0.15, 0.2) is 0 Å². The Bertz CT molecular complexity index is 1220. The van der Waals surface area contributed by atoms with E-state index in [0.717, 1.165) is 34.9 Å². The van der Waals surface area contributed by atoms with Crippen LogP contribution in [0.3, 0.4) is 0 Å². The fourth-order valence-electron chi connectivity index (χ4n) is 3.98. The van der Waals surface area contributed by atoms with E-state index in [1.54, 1.807) is 33.3 Å². The van der Waals surface area contributed by atoms with Crippen molar-refractivity contribution in [1.29, 1.82) is 0 Å². The zero-order valence-corrected chi connectivity index (χ0v) is 21.8. The van der Waals surface area contributed by atoms with E-state index in [1.165, 1.54) is 0 Å². The molecule has 0 heterocycles. The van der Waals surface area contributed by atoms with Gasteiger partial charge in [-0.15, -0.1) is 0 Å². The van der Waals surface area contributed by atoms with E-state index in [2.05, 4.69) is 5.32 Å². The van der Waals surface area contributed by atoms with Crippen LogP contribution in [0.1, 0.15) is 35.3 Å². The lowest BCUT2D eigenvalue weighted by Gasteiger charge is -2.19. The van der Waals surface area contributed by atoms with Crippen molar-refractivity contribution in [1.82, 2.24) is 5.32 Å². The highest BCUT2D eigenvalue weighted by atomic mass is 19.1. The Morgan fingerprint density at radius 2 is 1.47 bits per heavy atom. The molecule has 0 aliphatic carbocycles. The minimum Gasteiger partial charge on any atom is -0.496 e. The molecule has 3 rings (SSSR count). The maximum atomic E-state index is 14.1. The van der Waals surface area contributed by atoms with Gasteiger partial charge in [0.05, 0.1) is 33.0 Å². The first-order chi connectivity index (χ1) is 18.3. The summed E-state index contributed by atoms with van der Waals surface area (Å²) in [7, 11) is 3.14. The van der Waals surface area contributed by atoms with Gasteiger partial charge in [0.25, 0.3) is 5.91 Å². The molecule has 0 radical (unpaired) electrons. The largest absolute Gasteiger partial charge is 0.496 e. The van der Waals surface area contributed by atoms with Crippen molar-refractivity contribution in [3.8, 4) is 22.6 Å². The summed E-state index contributed by atoms with van der Waals surface area (Å²) in [5, 5.41) is 2.41. The van der Waals surface area contributed by atoms with Crippen LogP contribution >= 0.6 is 0 Å². The first kappa shape index (κ1) is 28.6. The van der Waals surface area contributed by atoms with Crippen molar-refractivity contribution in [3.05, 3.63) is 82.9 Å². The third-order valence-corrected chi connectivity index (χ3v) is 5.79. The smallest absolute Gasteiger partial charge is 0.328 e. The molecule has 0 saturated heterocycles. The van der Waals surface area contributed by atoms with Crippen LogP contribution in [-0.2, 0) is 27.3 Å². The van der Waals surface area contributed by atoms with Crippen molar-refractivity contribution < 1.29 is 37.3 Å². The minimum atomic E-state index is -1.16. The second-order valence-corrected chi connectivity index (χ2v) is 8.29. The minimum absolute atomic E-state index is 0.0441. The number of amides is 1. The van der Waals surface area contributed by atoms with Crippen LogP contribution in [0.25, 0.3) is 11.1 Å². The number of rotatable bonds is 12. The summed E-state index contributed by atoms with van der Waals surface area (Å²) >= 11 is 0. The zero-order chi connectivity index (χ0) is 27.7. The van der Waals surface area contributed by atoms with E-state index in [1.807, 2.05) is 31.2 Å². The lowest BCUT2D eigenvalue weighted by Crippen LogP contribution is -2.44. The lowest BCUT2D eigenvalue weighted by molar-refractivity contribution is -0.145. The summed E-state index contributed by atoms with van der Waals surface area (Å²) in [4.78, 5) is 25.2. The van der Waals surface area contributed by atoms with Gasteiger partial charge in [-0.1, -0.05) is 30.3 Å². The van der Waals surface area contributed by atoms with E-state index in [-0.39, 0.29) is 13.0 Å². The van der Waals surface area contributed by atoms with Crippen LogP contribution in [0.15, 0.2) is 54.6 Å². The Hall–Kier alpha value is -3.98. The van der Waals surface area contributed by atoms with Gasteiger partial charge in [0.1, 0.15) is 34.7 Å². The molecule has 0 aromatic heterocycles. The number of benzene rings is 3. The first-order valence-corrected chi connectivity index (χ1v) is 12.2. The average molecular weight is 528 g/mol. The zero-order valence-electron chi connectivity index (χ0n) is 21.8. The molecule has 202 valence electrons. The highest BCUT2D eigenvalue weighted by Gasteiger charge is 2.26. The van der Waals surface area contributed by atoms with E-state index < -0.39 is 35.1 Å².